The molecule has 0 unspecified atom stereocenters. The topological polar surface area (TPSA) is 38.0 Å². The predicted molar refractivity (Wildman–Crippen MR) is 71.1 cm³/mol. The van der Waals surface area contributed by atoms with Crippen LogP contribution in [0, 0.1) is 18.8 Å². The molecule has 0 aliphatic rings. The number of aryl methyl sites for hydroxylation is 1. The Bertz CT molecular complexity index is 558. The summed E-state index contributed by atoms with van der Waals surface area (Å²) in [5.74, 6) is 5.91. The summed E-state index contributed by atoms with van der Waals surface area (Å²) in [5, 5.41) is 12.9. The van der Waals surface area contributed by atoms with Gasteiger partial charge >= 0.3 is 0 Å². The molecule has 0 amide bonds. The summed E-state index contributed by atoms with van der Waals surface area (Å²) in [6.07, 6.45) is 4.40. The lowest BCUT2D eigenvalue weighted by Crippen LogP contribution is -1.99. The second-order valence-corrected chi connectivity index (χ2v) is 4.19. The van der Waals surface area contributed by atoms with Crippen molar-refractivity contribution in [1.82, 2.24) is 9.78 Å². The maximum Gasteiger partial charge on any atom is 0.0659 e. The maximum absolute atomic E-state index is 8.64. The van der Waals surface area contributed by atoms with Gasteiger partial charge < -0.3 is 5.11 Å². The van der Waals surface area contributed by atoms with E-state index in [0.717, 1.165) is 12.1 Å². The summed E-state index contributed by atoms with van der Waals surface area (Å²) < 4.78 is 1.92. The third kappa shape index (κ3) is 3.47. The van der Waals surface area contributed by atoms with Gasteiger partial charge in [0.25, 0.3) is 0 Å². The second kappa shape index (κ2) is 6.04. The fraction of sp³-hybridized carbons (Fsp3) is 0.267. The Morgan fingerprint density at radius 2 is 2.06 bits per heavy atom. The molecule has 1 N–H and O–H groups in total. The van der Waals surface area contributed by atoms with Gasteiger partial charge in [-0.3, -0.25) is 4.68 Å². The molecule has 1 heterocycles. The second-order valence-electron chi connectivity index (χ2n) is 4.19. The van der Waals surface area contributed by atoms with Gasteiger partial charge in [-0.25, -0.2) is 0 Å². The molecule has 0 fully saturated rings. The summed E-state index contributed by atoms with van der Waals surface area (Å²) >= 11 is 0. The molecule has 2 aromatic rings. The van der Waals surface area contributed by atoms with E-state index >= 15 is 0 Å². The SMILES string of the molecule is Cc1cnn(Cc2ccc(C#CCCO)cc2)c1. The number of aliphatic hydroxyl groups excluding tert-OH is 1. The van der Waals surface area contributed by atoms with E-state index < -0.39 is 0 Å². The Balaban J connectivity index is 2.02. The summed E-state index contributed by atoms with van der Waals surface area (Å²) in [7, 11) is 0. The smallest absolute Gasteiger partial charge is 0.0659 e. The normalized spacial score (nSPS) is 9.89. The van der Waals surface area contributed by atoms with Crippen LogP contribution < -0.4 is 0 Å². The third-order valence-corrected chi connectivity index (χ3v) is 2.53. The molecular weight excluding hydrogens is 224 g/mol. The lowest BCUT2D eigenvalue weighted by Gasteiger charge is -2.01. The highest BCUT2D eigenvalue weighted by Gasteiger charge is 1.96. The van der Waals surface area contributed by atoms with E-state index in [4.69, 9.17) is 5.11 Å². The van der Waals surface area contributed by atoms with Gasteiger partial charge in [0.15, 0.2) is 0 Å². The fourth-order valence-electron chi connectivity index (χ4n) is 1.65. The first-order valence-corrected chi connectivity index (χ1v) is 5.95. The quantitative estimate of drug-likeness (QED) is 0.833. The Hall–Kier alpha value is -2.05. The van der Waals surface area contributed by atoms with Gasteiger partial charge in [-0.1, -0.05) is 24.0 Å². The van der Waals surface area contributed by atoms with Crippen LogP contribution in [0.5, 0.6) is 0 Å². The first-order valence-electron chi connectivity index (χ1n) is 5.95. The van der Waals surface area contributed by atoms with E-state index in [2.05, 4.69) is 29.1 Å². The van der Waals surface area contributed by atoms with Crippen molar-refractivity contribution in [3.05, 3.63) is 53.3 Å². The van der Waals surface area contributed by atoms with E-state index in [1.165, 1.54) is 11.1 Å². The molecule has 0 atom stereocenters. The van der Waals surface area contributed by atoms with E-state index in [0.29, 0.717) is 6.42 Å². The summed E-state index contributed by atoms with van der Waals surface area (Å²) in [6, 6.07) is 8.10. The Morgan fingerprint density at radius 1 is 1.28 bits per heavy atom. The van der Waals surface area contributed by atoms with Crippen molar-refractivity contribution in [1.29, 1.82) is 0 Å². The van der Waals surface area contributed by atoms with Crippen molar-refractivity contribution in [2.24, 2.45) is 0 Å². The zero-order chi connectivity index (χ0) is 12.8. The summed E-state index contributed by atoms with van der Waals surface area (Å²) in [6.45, 7) is 2.92. The summed E-state index contributed by atoms with van der Waals surface area (Å²) in [4.78, 5) is 0. The van der Waals surface area contributed by atoms with E-state index in [1.54, 1.807) is 0 Å². The molecule has 1 aromatic carbocycles. The molecule has 3 nitrogen and oxygen atoms in total. The van der Waals surface area contributed by atoms with Crippen LogP contribution in [0.15, 0.2) is 36.7 Å². The van der Waals surface area contributed by atoms with Crippen molar-refractivity contribution < 1.29 is 5.11 Å². The molecule has 3 heteroatoms. The first kappa shape index (κ1) is 12.4. The minimum absolute atomic E-state index is 0.115. The van der Waals surface area contributed by atoms with Crippen molar-refractivity contribution >= 4 is 0 Å². The van der Waals surface area contributed by atoms with Gasteiger partial charge in [0.2, 0.25) is 0 Å². The molecule has 0 saturated heterocycles. The molecule has 0 aliphatic heterocycles. The molecule has 0 spiro atoms. The standard InChI is InChI=1S/C15H16N2O/c1-13-10-16-17(11-13)12-15-7-5-14(6-8-15)4-2-3-9-18/h5-8,10-11,18H,3,9,12H2,1H3. The van der Waals surface area contributed by atoms with E-state index in [9.17, 15) is 0 Å². The monoisotopic (exact) mass is 240 g/mol. The largest absolute Gasteiger partial charge is 0.395 e. The summed E-state index contributed by atoms with van der Waals surface area (Å²) in [5.41, 5.74) is 3.34. The molecule has 1 aromatic heterocycles. The van der Waals surface area contributed by atoms with Gasteiger partial charge in [-0.05, 0) is 30.2 Å². The fourth-order valence-corrected chi connectivity index (χ4v) is 1.65. The first-order chi connectivity index (χ1) is 8.78. The van der Waals surface area contributed by atoms with Gasteiger partial charge in [-0.15, -0.1) is 0 Å². The zero-order valence-electron chi connectivity index (χ0n) is 10.4. The van der Waals surface area contributed by atoms with E-state index in [-0.39, 0.29) is 6.61 Å². The number of rotatable bonds is 3. The lowest BCUT2D eigenvalue weighted by molar-refractivity contribution is 0.305. The van der Waals surface area contributed by atoms with Crippen molar-refractivity contribution in [3.63, 3.8) is 0 Å². The number of benzene rings is 1. The van der Waals surface area contributed by atoms with Crippen molar-refractivity contribution in [3.8, 4) is 11.8 Å². The van der Waals surface area contributed by atoms with Gasteiger partial charge in [0, 0.05) is 18.2 Å². The average molecular weight is 240 g/mol. The molecule has 0 saturated carbocycles. The number of aliphatic hydroxyl groups is 1. The maximum atomic E-state index is 8.64. The van der Waals surface area contributed by atoms with Crippen LogP contribution in [0.2, 0.25) is 0 Å². The van der Waals surface area contributed by atoms with Crippen LogP contribution >= 0.6 is 0 Å². The van der Waals surface area contributed by atoms with Crippen LogP contribution in [-0.4, -0.2) is 21.5 Å². The van der Waals surface area contributed by atoms with E-state index in [1.807, 2.05) is 36.1 Å². The van der Waals surface area contributed by atoms with Crippen LogP contribution in [-0.2, 0) is 6.54 Å². The van der Waals surface area contributed by atoms with Gasteiger partial charge in [0.05, 0.1) is 19.3 Å². The predicted octanol–water partition coefficient (Wildman–Crippen LogP) is 1.97. The van der Waals surface area contributed by atoms with Crippen LogP contribution in [0.1, 0.15) is 23.1 Å². The Kier molecular flexibility index (Phi) is 4.16. The zero-order valence-corrected chi connectivity index (χ0v) is 10.4. The third-order valence-electron chi connectivity index (χ3n) is 2.53. The molecule has 18 heavy (non-hydrogen) atoms. The number of hydrogen-bond donors (Lipinski definition) is 1. The van der Waals surface area contributed by atoms with Gasteiger partial charge in [-0.2, -0.15) is 5.10 Å². The van der Waals surface area contributed by atoms with Gasteiger partial charge in [0.1, 0.15) is 0 Å². The van der Waals surface area contributed by atoms with Crippen LogP contribution in [0.4, 0.5) is 0 Å². The Morgan fingerprint density at radius 3 is 2.67 bits per heavy atom. The molecule has 2 rings (SSSR count). The molecule has 0 aliphatic carbocycles. The van der Waals surface area contributed by atoms with Crippen LogP contribution in [0.3, 0.4) is 0 Å². The highest BCUT2D eigenvalue weighted by Crippen LogP contribution is 2.06. The molecule has 92 valence electrons. The average Bonchev–Trinajstić information content (AvgIpc) is 2.77. The lowest BCUT2D eigenvalue weighted by atomic mass is 10.1. The number of hydrogen-bond acceptors (Lipinski definition) is 2. The minimum atomic E-state index is 0.115. The number of nitrogens with zero attached hydrogens (tertiary/aromatic N) is 2. The van der Waals surface area contributed by atoms with Crippen molar-refractivity contribution in [2.45, 2.75) is 19.9 Å². The van der Waals surface area contributed by atoms with Crippen molar-refractivity contribution in [2.75, 3.05) is 6.61 Å². The molecule has 0 bridgehead atoms. The van der Waals surface area contributed by atoms with Crippen LogP contribution in [0.25, 0.3) is 0 Å². The molecule has 0 radical (unpaired) electrons. The minimum Gasteiger partial charge on any atom is -0.395 e. The highest BCUT2D eigenvalue weighted by molar-refractivity contribution is 5.36. The highest BCUT2D eigenvalue weighted by atomic mass is 16.2. The Labute approximate surface area is 107 Å². The molecular formula is C15H16N2O. The number of aromatic nitrogens is 2.